The third kappa shape index (κ3) is 12.7. The zero-order valence-corrected chi connectivity index (χ0v) is 12.6. The van der Waals surface area contributed by atoms with Crippen LogP contribution in [0.4, 0.5) is 0 Å². The number of hydrogen-bond acceptors (Lipinski definition) is 4. The molecule has 1 aromatic rings. The van der Waals surface area contributed by atoms with Crippen LogP contribution in [0.3, 0.4) is 0 Å². The van der Waals surface area contributed by atoms with Crippen molar-refractivity contribution in [2.24, 2.45) is 0 Å². The molecule has 0 aliphatic rings. The summed E-state index contributed by atoms with van der Waals surface area (Å²) in [6.45, 7) is 4.24. The first-order chi connectivity index (χ1) is 5.80. The molecular weight excluding hydrogens is 254 g/mol. The van der Waals surface area contributed by atoms with Gasteiger partial charge in [0.1, 0.15) is 0 Å². The maximum absolute atomic E-state index is 8.58. The van der Waals surface area contributed by atoms with Crippen molar-refractivity contribution < 1.29 is 80.0 Å². The van der Waals surface area contributed by atoms with E-state index in [4.69, 9.17) is 15.7 Å². The Morgan fingerprint density at radius 2 is 1.21 bits per heavy atom. The average molecular weight is 264 g/mol. The first kappa shape index (κ1) is 17.1. The molecule has 0 saturated heterocycles. The zero-order chi connectivity index (χ0) is 10.5. The molecule has 0 spiro atoms. The van der Waals surface area contributed by atoms with Crippen LogP contribution >= 0.6 is 0 Å². The normalized spacial score (nSPS) is 9.36. The van der Waals surface area contributed by atoms with Crippen molar-refractivity contribution in [3.05, 3.63) is 35.4 Å². The second-order valence-electron chi connectivity index (χ2n) is 2.46. The summed E-state index contributed by atoms with van der Waals surface area (Å²) in [7, 11) is 0. The summed E-state index contributed by atoms with van der Waals surface area (Å²) in [6.07, 6.45) is 0. The predicted octanol–water partition coefficient (Wildman–Crippen LogP) is -2.24. The van der Waals surface area contributed by atoms with Gasteiger partial charge in [-0.2, -0.15) is 0 Å². The van der Waals surface area contributed by atoms with Crippen molar-refractivity contribution >= 4 is 0 Å². The number of benzene rings is 1. The summed E-state index contributed by atoms with van der Waals surface area (Å²) in [5.41, 5.74) is 2.74. The molecule has 0 saturated carbocycles. The summed E-state index contributed by atoms with van der Waals surface area (Å²) < 4.78 is 34.3. The molecule has 0 bridgehead atoms. The van der Waals surface area contributed by atoms with Gasteiger partial charge in [0.05, 0.1) is 0 Å². The number of aryl methyl sites for hydroxylation is 2. The van der Waals surface area contributed by atoms with E-state index in [-0.39, 0.29) is 51.4 Å². The van der Waals surface area contributed by atoms with Crippen molar-refractivity contribution in [1.82, 2.24) is 0 Å². The predicted molar refractivity (Wildman–Crippen MR) is 38.0 cm³/mol. The van der Waals surface area contributed by atoms with Gasteiger partial charge in [0.15, 0.2) is 0 Å². The molecule has 0 fully saturated rings. The molecule has 0 atom stereocenters. The molecular formula is C8H10KMnO4. The van der Waals surface area contributed by atoms with E-state index < -0.39 is 13.0 Å². The average Bonchev–Trinajstić information content (AvgIpc) is 1.92. The maximum atomic E-state index is 8.58. The molecule has 0 aliphatic carbocycles. The fourth-order valence-electron chi connectivity index (χ4n) is 0.663. The van der Waals surface area contributed by atoms with Gasteiger partial charge in [0, 0.05) is 0 Å². The van der Waals surface area contributed by atoms with Gasteiger partial charge in [0.2, 0.25) is 0 Å². The van der Waals surface area contributed by atoms with Crippen LogP contribution in [0.1, 0.15) is 11.1 Å². The van der Waals surface area contributed by atoms with E-state index >= 15 is 0 Å². The van der Waals surface area contributed by atoms with Crippen LogP contribution in [-0.4, -0.2) is 0 Å². The van der Waals surface area contributed by atoms with Gasteiger partial charge in [0.25, 0.3) is 0 Å². The molecule has 4 nitrogen and oxygen atoms in total. The van der Waals surface area contributed by atoms with Crippen LogP contribution in [-0.2, 0) is 24.5 Å². The van der Waals surface area contributed by atoms with Crippen molar-refractivity contribution in [3.63, 3.8) is 0 Å². The Morgan fingerprint density at radius 3 is 1.36 bits per heavy atom. The second kappa shape index (κ2) is 7.95. The van der Waals surface area contributed by atoms with E-state index in [0.717, 1.165) is 0 Å². The molecule has 1 aromatic carbocycles. The zero-order valence-electron chi connectivity index (χ0n) is 8.32. The fraction of sp³-hybridized carbons (Fsp3) is 0.250. The van der Waals surface area contributed by atoms with Gasteiger partial charge in [-0.1, -0.05) is 24.3 Å². The molecule has 0 radical (unpaired) electrons. The summed E-state index contributed by atoms with van der Waals surface area (Å²) in [6, 6.07) is 8.36. The van der Waals surface area contributed by atoms with Crippen LogP contribution in [0.2, 0.25) is 0 Å². The Morgan fingerprint density at radius 1 is 1.00 bits per heavy atom. The van der Waals surface area contributed by atoms with Gasteiger partial charge in [-0.3, -0.25) is 0 Å². The van der Waals surface area contributed by atoms with E-state index in [2.05, 4.69) is 38.1 Å². The monoisotopic (exact) mass is 264 g/mol. The molecule has 1 rings (SSSR count). The molecule has 74 valence electrons. The molecule has 0 aromatic heterocycles. The van der Waals surface area contributed by atoms with Crippen LogP contribution in [0.15, 0.2) is 24.3 Å². The minimum absolute atomic E-state index is 0. The summed E-state index contributed by atoms with van der Waals surface area (Å²) in [5.74, 6) is 0. The van der Waals surface area contributed by atoms with E-state index in [1.807, 2.05) is 0 Å². The van der Waals surface area contributed by atoms with Crippen LogP contribution in [0, 0.1) is 13.8 Å². The standard InChI is InChI=1S/C8H10.K.Mn.4O/c1-7-5-3-4-6-8(7)2;;;;;;/h3-6H,1-2H3;;;;;;/q;+1;;;;;-1. The van der Waals surface area contributed by atoms with Gasteiger partial charge < -0.3 is 0 Å². The molecule has 6 heteroatoms. The quantitative estimate of drug-likeness (QED) is 0.497. The Labute approximate surface area is 127 Å². The van der Waals surface area contributed by atoms with Crippen LogP contribution in [0.5, 0.6) is 0 Å². The summed E-state index contributed by atoms with van der Waals surface area (Å²) in [5, 5.41) is 0. The van der Waals surface area contributed by atoms with Crippen LogP contribution in [0.25, 0.3) is 0 Å². The molecule has 0 N–H and O–H groups in total. The van der Waals surface area contributed by atoms with E-state index in [9.17, 15) is 0 Å². The van der Waals surface area contributed by atoms with Crippen LogP contribution < -0.4 is 55.6 Å². The van der Waals surface area contributed by atoms with Crippen molar-refractivity contribution in [3.8, 4) is 0 Å². The number of rotatable bonds is 0. The Kier molecular flexibility index (Phi) is 9.74. The summed E-state index contributed by atoms with van der Waals surface area (Å²) in [4.78, 5) is 0. The molecule has 0 unspecified atom stereocenters. The molecule has 14 heavy (non-hydrogen) atoms. The van der Waals surface area contributed by atoms with Crippen molar-refractivity contribution in [2.75, 3.05) is 0 Å². The van der Waals surface area contributed by atoms with E-state index in [1.165, 1.54) is 11.1 Å². The molecule has 0 heterocycles. The van der Waals surface area contributed by atoms with Gasteiger partial charge in [-0.25, -0.2) is 0 Å². The SMILES string of the molecule is Cc1ccccc1C.[K+].[O]=[Mn](=[O])(=[O])[O-]. The fourth-order valence-corrected chi connectivity index (χ4v) is 0.663. The van der Waals surface area contributed by atoms with Crippen molar-refractivity contribution in [1.29, 1.82) is 0 Å². The second-order valence-corrected chi connectivity index (χ2v) is 3.64. The van der Waals surface area contributed by atoms with Gasteiger partial charge in [-0.15, -0.1) is 0 Å². The van der Waals surface area contributed by atoms with Crippen molar-refractivity contribution in [2.45, 2.75) is 13.8 Å². The third-order valence-electron chi connectivity index (χ3n) is 1.43. The summed E-state index contributed by atoms with van der Waals surface area (Å²) >= 11 is -5.62. The van der Waals surface area contributed by atoms with E-state index in [1.54, 1.807) is 0 Å². The minimum atomic E-state index is -5.62. The van der Waals surface area contributed by atoms with Gasteiger partial charge >= 0.3 is 80.0 Å². The van der Waals surface area contributed by atoms with E-state index in [0.29, 0.717) is 0 Å². The molecule has 0 amide bonds. The first-order valence-electron chi connectivity index (χ1n) is 3.44. The first-order valence-corrected chi connectivity index (χ1v) is 5.37. The number of hydrogen-bond donors (Lipinski definition) is 0. The third-order valence-corrected chi connectivity index (χ3v) is 1.43. The topological polar surface area (TPSA) is 74.3 Å². The van der Waals surface area contributed by atoms with Gasteiger partial charge in [-0.05, 0) is 25.0 Å². The Hall–Kier alpha value is 0.736. The molecule has 0 aliphatic heterocycles. The Bertz CT molecular complexity index is 384. The Balaban J connectivity index is 0.